The van der Waals surface area contributed by atoms with Crippen molar-refractivity contribution in [2.75, 3.05) is 44.8 Å². The highest BCUT2D eigenvalue weighted by molar-refractivity contribution is 5.93. The van der Waals surface area contributed by atoms with Gasteiger partial charge in [-0.3, -0.25) is 14.5 Å². The molecule has 0 spiro atoms. The van der Waals surface area contributed by atoms with Crippen LogP contribution in [-0.2, 0) is 4.79 Å². The molecule has 0 saturated carbocycles. The number of furan rings is 1. The molecule has 0 bridgehead atoms. The van der Waals surface area contributed by atoms with Crippen LogP contribution in [0.3, 0.4) is 0 Å². The third-order valence-electron chi connectivity index (χ3n) is 4.75. The van der Waals surface area contributed by atoms with E-state index < -0.39 is 0 Å². The molecule has 0 unspecified atom stereocenters. The summed E-state index contributed by atoms with van der Waals surface area (Å²) in [6.45, 7) is 4.80. The maximum Gasteiger partial charge on any atom is 0.289 e. The van der Waals surface area contributed by atoms with Crippen LogP contribution < -0.4 is 14.8 Å². The lowest BCUT2D eigenvalue weighted by atomic mass is 10.1. The third kappa shape index (κ3) is 3.75. The smallest absolute Gasteiger partial charge is 0.289 e. The number of piperazine rings is 1. The van der Waals surface area contributed by atoms with Crippen LogP contribution in [0, 0.1) is 6.92 Å². The van der Waals surface area contributed by atoms with Gasteiger partial charge in [0.25, 0.3) is 5.91 Å². The highest BCUT2D eigenvalue weighted by atomic mass is 16.7. The number of benzene rings is 1. The Morgan fingerprint density at radius 2 is 1.85 bits per heavy atom. The molecule has 4 rings (SSSR count). The summed E-state index contributed by atoms with van der Waals surface area (Å²) in [5.41, 5.74) is 1.64. The van der Waals surface area contributed by atoms with Crippen LogP contribution >= 0.6 is 0 Å². The summed E-state index contributed by atoms with van der Waals surface area (Å²) >= 11 is 0. The number of carbonyl (C=O) groups is 2. The molecule has 0 atom stereocenters. The van der Waals surface area contributed by atoms with Crippen LogP contribution in [0.4, 0.5) is 5.69 Å². The first-order valence-corrected chi connectivity index (χ1v) is 8.85. The quantitative estimate of drug-likeness (QED) is 0.881. The minimum absolute atomic E-state index is 0.0947. The van der Waals surface area contributed by atoms with Gasteiger partial charge in [0.2, 0.25) is 12.7 Å². The van der Waals surface area contributed by atoms with Gasteiger partial charge < -0.3 is 24.1 Å². The van der Waals surface area contributed by atoms with Gasteiger partial charge in [-0.15, -0.1) is 0 Å². The third-order valence-corrected chi connectivity index (χ3v) is 4.75. The zero-order chi connectivity index (χ0) is 18.8. The lowest BCUT2D eigenvalue weighted by molar-refractivity contribution is -0.117. The first kappa shape index (κ1) is 17.4. The minimum atomic E-state index is -0.111. The zero-order valence-corrected chi connectivity index (χ0v) is 15.1. The minimum Gasteiger partial charge on any atom is -0.459 e. The van der Waals surface area contributed by atoms with E-state index in [9.17, 15) is 9.59 Å². The molecular formula is C19H21N3O5. The molecule has 1 aromatic carbocycles. The molecule has 1 N–H and O–H groups in total. The number of nitrogens with one attached hydrogen (secondary N) is 1. The van der Waals surface area contributed by atoms with Crippen molar-refractivity contribution in [2.24, 2.45) is 0 Å². The lowest BCUT2D eigenvalue weighted by Gasteiger charge is -2.33. The largest absolute Gasteiger partial charge is 0.459 e. The van der Waals surface area contributed by atoms with Gasteiger partial charge in [0.15, 0.2) is 17.3 Å². The second-order valence-electron chi connectivity index (χ2n) is 6.61. The summed E-state index contributed by atoms with van der Waals surface area (Å²) in [4.78, 5) is 28.5. The van der Waals surface area contributed by atoms with Gasteiger partial charge in [0, 0.05) is 37.9 Å². The molecule has 8 heteroatoms. The number of aryl methyl sites for hydroxylation is 1. The van der Waals surface area contributed by atoms with E-state index in [0.29, 0.717) is 43.4 Å². The second-order valence-corrected chi connectivity index (χ2v) is 6.61. The predicted molar refractivity (Wildman–Crippen MR) is 97.0 cm³/mol. The fourth-order valence-electron chi connectivity index (χ4n) is 3.24. The number of ether oxygens (including phenoxy) is 2. The number of rotatable bonds is 4. The molecule has 1 aromatic heterocycles. The van der Waals surface area contributed by atoms with E-state index in [-0.39, 0.29) is 25.2 Å². The van der Waals surface area contributed by atoms with E-state index in [2.05, 4.69) is 5.32 Å². The summed E-state index contributed by atoms with van der Waals surface area (Å²) < 4.78 is 15.9. The summed E-state index contributed by atoms with van der Waals surface area (Å²) in [7, 11) is 0. The Morgan fingerprint density at radius 3 is 2.56 bits per heavy atom. The molecule has 27 heavy (non-hydrogen) atoms. The second kappa shape index (κ2) is 7.32. The molecular weight excluding hydrogens is 350 g/mol. The van der Waals surface area contributed by atoms with Crippen LogP contribution in [0.2, 0.25) is 0 Å². The molecule has 3 heterocycles. The van der Waals surface area contributed by atoms with Crippen LogP contribution in [0.15, 0.2) is 34.9 Å². The van der Waals surface area contributed by atoms with Crippen LogP contribution in [0.25, 0.3) is 0 Å². The topological polar surface area (TPSA) is 84.3 Å². The van der Waals surface area contributed by atoms with E-state index >= 15 is 0 Å². The van der Waals surface area contributed by atoms with Crippen LogP contribution in [-0.4, -0.2) is 61.1 Å². The normalized spacial score (nSPS) is 16.4. The molecule has 2 aliphatic rings. The SMILES string of the molecule is Cc1cc2c(cc1NC(=O)CN1CCN(C(=O)c3ccco3)CC1)OCO2. The highest BCUT2D eigenvalue weighted by Gasteiger charge is 2.25. The van der Waals surface area contributed by atoms with E-state index in [1.165, 1.54) is 6.26 Å². The molecule has 1 fully saturated rings. The Hall–Kier alpha value is -3.00. The molecule has 0 aliphatic carbocycles. The van der Waals surface area contributed by atoms with Crippen molar-refractivity contribution in [3.63, 3.8) is 0 Å². The van der Waals surface area contributed by atoms with Gasteiger partial charge >= 0.3 is 0 Å². The summed E-state index contributed by atoms with van der Waals surface area (Å²) in [5, 5.41) is 2.93. The molecule has 2 aromatic rings. The van der Waals surface area contributed by atoms with Crippen molar-refractivity contribution in [3.05, 3.63) is 41.9 Å². The maximum absolute atomic E-state index is 12.4. The van der Waals surface area contributed by atoms with E-state index in [1.54, 1.807) is 23.1 Å². The predicted octanol–water partition coefficient (Wildman–Crippen LogP) is 1.71. The average molecular weight is 371 g/mol. The maximum atomic E-state index is 12.4. The van der Waals surface area contributed by atoms with Gasteiger partial charge in [-0.25, -0.2) is 0 Å². The molecule has 2 aliphatic heterocycles. The molecule has 8 nitrogen and oxygen atoms in total. The van der Waals surface area contributed by atoms with Crippen molar-refractivity contribution in [3.8, 4) is 11.5 Å². The van der Waals surface area contributed by atoms with Crippen LogP contribution in [0.5, 0.6) is 11.5 Å². The van der Waals surface area contributed by atoms with Crippen molar-refractivity contribution in [2.45, 2.75) is 6.92 Å². The Morgan fingerprint density at radius 1 is 1.11 bits per heavy atom. The summed E-state index contributed by atoms with van der Waals surface area (Å²) in [5.74, 6) is 1.48. The highest BCUT2D eigenvalue weighted by Crippen LogP contribution is 2.36. The van der Waals surface area contributed by atoms with Gasteiger partial charge in [-0.05, 0) is 30.7 Å². The number of carbonyl (C=O) groups excluding carboxylic acids is 2. The van der Waals surface area contributed by atoms with Crippen LogP contribution in [0.1, 0.15) is 16.1 Å². The van der Waals surface area contributed by atoms with Gasteiger partial charge in [-0.1, -0.05) is 0 Å². The Labute approximate surface area is 156 Å². The standard InChI is InChI=1S/C19H21N3O5/c1-13-9-16-17(27-12-26-16)10-14(13)20-18(23)11-21-4-6-22(7-5-21)19(24)15-3-2-8-25-15/h2-3,8-10H,4-7,11-12H2,1H3,(H,20,23). The molecule has 142 valence electrons. The number of hydrogen-bond donors (Lipinski definition) is 1. The Balaban J connectivity index is 1.29. The fraction of sp³-hybridized carbons (Fsp3) is 0.368. The van der Waals surface area contributed by atoms with Gasteiger partial charge in [0.05, 0.1) is 12.8 Å². The Bertz CT molecular complexity index is 841. The zero-order valence-electron chi connectivity index (χ0n) is 15.1. The number of fused-ring (bicyclic) bond motifs is 1. The first-order valence-electron chi connectivity index (χ1n) is 8.85. The number of hydrogen-bond acceptors (Lipinski definition) is 6. The number of nitrogens with zero attached hydrogens (tertiary/aromatic N) is 2. The van der Waals surface area contributed by atoms with Crippen molar-refractivity contribution in [1.29, 1.82) is 0 Å². The van der Waals surface area contributed by atoms with E-state index in [4.69, 9.17) is 13.9 Å². The Kier molecular flexibility index (Phi) is 4.72. The lowest BCUT2D eigenvalue weighted by Crippen LogP contribution is -2.50. The van der Waals surface area contributed by atoms with Gasteiger partial charge in [-0.2, -0.15) is 0 Å². The summed E-state index contributed by atoms with van der Waals surface area (Å²) in [6, 6.07) is 7.01. The van der Waals surface area contributed by atoms with E-state index in [0.717, 1.165) is 11.3 Å². The van der Waals surface area contributed by atoms with Crippen molar-refractivity contribution < 1.29 is 23.5 Å². The number of amides is 2. The average Bonchev–Trinajstić information content (AvgIpc) is 3.33. The van der Waals surface area contributed by atoms with Crippen molar-refractivity contribution >= 4 is 17.5 Å². The van der Waals surface area contributed by atoms with Crippen molar-refractivity contribution in [1.82, 2.24) is 9.80 Å². The monoisotopic (exact) mass is 371 g/mol. The molecule has 2 amide bonds. The first-order chi connectivity index (χ1) is 13.1. The molecule has 0 radical (unpaired) electrons. The van der Waals surface area contributed by atoms with Gasteiger partial charge in [0.1, 0.15) is 0 Å². The molecule has 1 saturated heterocycles. The number of anilines is 1. The fourth-order valence-corrected chi connectivity index (χ4v) is 3.24. The summed E-state index contributed by atoms with van der Waals surface area (Å²) in [6.07, 6.45) is 1.49. The van der Waals surface area contributed by atoms with E-state index in [1.807, 2.05) is 17.9 Å².